The van der Waals surface area contributed by atoms with Crippen LogP contribution in [0.3, 0.4) is 0 Å². The third kappa shape index (κ3) is 3.76. The number of benzene rings is 1. The molecule has 1 aliphatic rings. The number of fused-ring (bicyclic) bond motifs is 1. The first kappa shape index (κ1) is 15.3. The van der Waals surface area contributed by atoms with Crippen LogP contribution in [-0.4, -0.2) is 32.0 Å². The number of methoxy groups -OCH3 is 1. The molecule has 1 aromatic carbocycles. The van der Waals surface area contributed by atoms with Crippen molar-refractivity contribution in [3.8, 4) is 22.1 Å². The smallest absolute Gasteiger partial charge is 0.231 e. The lowest BCUT2D eigenvalue weighted by Crippen LogP contribution is -2.15. The number of nitrogens with one attached hydrogen (secondary N) is 1. The van der Waals surface area contributed by atoms with Crippen molar-refractivity contribution in [2.24, 2.45) is 0 Å². The topological polar surface area (TPSA) is 52.6 Å². The van der Waals surface area contributed by atoms with Gasteiger partial charge in [0.25, 0.3) is 0 Å². The van der Waals surface area contributed by atoms with Crippen molar-refractivity contribution in [3.63, 3.8) is 0 Å². The predicted molar refractivity (Wildman–Crippen MR) is 86.5 cm³/mol. The summed E-state index contributed by atoms with van der Waals surface area (Å²) in [6.45, 7) is 2.91. The maximum absolute atomic E-state index is 5.41. The molecule has 0 saturated heterocycles. The Labute approximate surface area is 134 Å². The van der Waals surface area contributed by atoms with Gasteiger partial charge in [-0.3, -0.25) is 0 Å². The Morgan fingerprint density at radius 3 is 3.09 bits per heavy atom. The van der Waals surface area contributed by atoms with Gasteiger partial charge >= 0.3 is 0 Å². The van der Waals surface area contributed by atoms with Gasteiger partial charge in [-0.15, -0.1) is 11.3 Å². The standard InChI is InChI=1S/C16H20N2O3S/c1-19-7-3-2-6-17-9-13-10-22-16(18-13)12-4-5-14-15(8-12)21-11-20-14/h4-5,8,10,17H,2-3,6-7,9,11H2,1H3. The molecule has 0 atom stereocenters. The van der Waals surface area contributed by atoms with Crippen LogP contribution in [0.15, 0.2) is 23.6 Å². The lowest BCUT2D eigenvalue weighted by molar-refractivity contribution is 0.174. The molecule has 1 aliphatic heterocycles. The minimum Gasteiger partial charge on any atom is -0.454 e. The zero-order valence-corrected chi connectivity index (χ0v) is 13.4. The lowest BCUT2D eigenvalue weighted by atomic mass is 10.2. The van der Waals surface area contributed by atoms with Gasteiger partial charge < -0.3 is 19.5 Å². The Kier molecular flexibility index (Phi) is 5.26. The van der Waals surface area contributed by atoms with Gasteiger partial charge in [-0.25, -0.2) is 4.98 Å². The number of nitrogens with zero attached hydrogens (tertiary/aromatic N) is 1. The molecular formula is C16H20N2O3S. The van der Waals surface area contributed by atoms with Crippen LogP contribution in [0.1, 0.15) is 18.5 Å². The number of unbranched alkanes of at least 4 members (excludes halogenated alkanes) is 1. The van der Waals surface area contributed by atoms with Crippen molar-refractivity contribution in [1.29, 1.82) is 0 Å². The summed E-state index contributed by atoms with van der Waals surface area (Å²) in [5, 5.41) is 6.52. The Morgan fingerprint density at radius 1 is 1.27 bits per heavy atom. The first-order chi connectivity index (χ1) is 10.9. The van der Waals surface area contributed by atoms with E-state index in [2.05, 4.69) is 15.7 Å². The summed E-state index contributed by atoms with van der Waals surface area (Å²) in [5.74, 6) is 1.60. The lowest BCUT2D eigenvalue weighted by Gasteiger charge is -2.02. The Balaban J connectivity index is 1.53. The highest BCUT2D eigenvalue weighted by Crippen LogP contribution is 2.36. The molecule has 0 spiro atoms. The van der Waals surface area contributed by atoms with E-state index < -0.39 is 0 Å². The molecule has 0 unspecified atom stereocenters. The second kappa shape index (κ2) is 7.58. The molecule has 1 aromatic heterocycles. The van der Waals surface area contributed by atoms with Crippen LogP contribution in [0.25, 0.3) is 10.6 Å². The van der Waals surface area contributed by atoms with Gasteiger partial charge in [0.2, 0.25) is 6.79 Å². The predicted octanol–water partition coefficient (Wildman–Crippen LogP) is 3.06. The van der Waals surface area contributed by atoms with Crippen LogP contribution in [0.2, 0.25) is 0 Å². The van der Waals surface area contributed by atoms with E-state index in [9.17, 15) is 0 Å². The van der Waals surface area contributed by atoms with E-state index in [1.54, 1.807) is 18.4 Å². The maximum atomic E-state index is 5.41. The average Bonchev–Trinajstić information content (AvgIpc) is 3.18. The summed E-state index contributed by atoms with van der Waals surface area (Å²) in [6, 6.07) is 5.95. The summed E-state index contributed by atoms with van der Waals surface area (Å²) < 4.78 is 15.8. The molecule has 0 saturated carbocycles. The fraction of sp³-hybridized carbons (Fsp3) is 0.438. The summed E-state index contributed by atoms with van der Waals surface area (Å²) in [7, 11) is 1.74. The summed E-state index contributed by atoms with van der Waals surface area (Å²) in [4.78, 5) is 4.67. The number of rotatable bonds is 8. The van der Waals surface area contributed by atoms with E-state index in [0.717, 1.165) is 60.3 Å². The third-order valence-corrected chi connectivity index (χ3v) is 4.37. The monoisotopic (exact) mass is 320 g/mol. The first-order valence-corrected chi connectivity index (χ1v) is 8.29. The molecule has 0 bridgehead atoms. The molecule has 118 valence electrons. The Hall–Kier alpha value is -1.63. The molecule has 6 heteroatoms. The first-order valence-electron chi connectivity index (χ1n) is 7.41. The quantitative estimate of drug-likeness (QED) is 0.758. The fourth-order valence-electron chi connectivity index (χ4n) is 2.26. The van der Waals surface area contributed by atoms with Crippen LogP contribution in [0.5, 0.6) is 11.5 Å². The number of hydrogen-bond donors (Lipinski definition) is 1. The largest absolute Gasteiger partial charge is 0.454 e. The SMILES string of the molecule is COCCCCNCc1csc(-c2ccc3c(c2)OCO3)n1. The highest BCUT2D eigenvalue weighted by Gasteiger charge is 2.15. The van der Waals surface area contributed by atoms with E-state index in [4.69, 9.17) is 14.2 Å². The molecule has 0 fully saturated rings. The van der Waals surface area contributed by atoms with Crippen LogP contribution in [0, 0.1) is 0 Å². The minimum absolute atomic E-state index is 0.300. The average molecular weight is 320 g/mol. The van der Waals surface area contributed by atoms with Crippen LogP contribution in [0.4, 0.5) is 0 Å². The Bertz CT molecular complexity index is 615. The molecule has 1 N–H and O–H groups in total. The molecular weight excluding hydrogens is 300 g/mol. The van der Waals surface area contributed by atoms with Gasteiger partial charge in [-0.05, 0) is 37.6 Å². The summed E-state index contributed by atoms with van der Waals surface area (Å²) in [6.07, 6.45) is 2.20. The van der Waals surface area contributed by atoms with Crippen molar-refractivity contribution < 1.29 is 14.2 Å². The van der Waals surface area contributed by atoms with Crippen LogP contribution in [-0.2, 0) is 11.3 Å². The van der Waals surface area contributed by atoms with Crippen molar-refractivity contribution >= 4 is 11.3 Å². The second-order valence-corrected chi connectivity index (χ2v) is 5.95. The van der Waals surface area contributed by atoms with E-state index in [-0.39, 0.29) is 0 Å². The molecule has 22 heavy (non-hydrogen) atoms. The third-order valence-electron chi connectivity index (χ3n) is 3.43. The number of ether oxygens (including phenoxy) is 3. The highest BCUT2D eigenvalue weighted by molar-refractivity contribution is 7.13. The molecule has 2 aromatic rings. The summed E-state index contributed by atoms with van der Waals surface area (Å²) >= 11 is 1.65. The van der Waals surface area contributed by atoms with E-state index in [1.807, 2.05) is 18.2 Å². The number of hydrogen-bond acceptors (Lipinski definition) is 6. The Morgan fingerprint density at radius 2 is 2.18 bits per heavy atom. The fourth-order valence-corrected chi connectivity index (χ4v) is 3.08. The second-order valence-electron chi connectivity index (χ2n) is 5.09. The highest BCUT2D eigenvalue weighted by atomic mass is 32.1. The van der Waals surface area contributed by atoms with E-state index in [0.29, 0.717) is 6.79 Å². The van der Waals surface area contributed by atoms with Crippen LogP contribution < -0.4 is 14.8 Å². The molecule has 0 amide bonds. The summed E-state index contributed by atoms with van der Waals surface area (Å²) in [5.41, 5.74) is 2.14. The van der Waals surface area contributed by atoms with Gasteiger partial charge in [-0.1, -0.05) is 0 Å². The maximum Gasteiger partial charge on any atom is 0.231 e. The number of aromatic nitrogens is 1. The van der Waals surface area contributed by atoms with Crippen molar-refractivity contribution in [3.05, 3.63) is 29.3 Å². The van der Waals surface area contributed by atoms with Crippen molar-refractivity contribution in [2.45, 2.75) is 19.4 Å². The molecule has 0 radical (unpaired) electrons. The number of thiazole rings is 1. The van der Waals surface area contributed by atoms with Crippen LogP contribution >= 0.6 is 11.3 Å². The molecule has 5 nitrogen and oxygen atoms in total. The van der Waals surface area contributed by atoms with Gasteiger partial charge in [-0.2, -0.15) is 0 Å². The zero-order chi connectivity index (χ0) is 15.2. The molecule has 0 aliphatic carbocycles. The van der Waals surface area contributed by atoms with Gasteiger partial charge in [0.05, 0.1) is 5.69 Å². The van der Waals surface area contributed by atoms with Crippen molar-refractivity contribution in [2.75, 3.05) is 27.1 Å². The van der Waals surface area contributed by atoms with Crippen molar-refractivity contribution in [1.82, 2.24) is 10.3 Å². The van der Waals surface area contributed by atoms with E-state index >= 15 is 0 Å². The molecule has 2 heterocycles. The van der Waals surface area contributed by atoms with Gasteiger partial charge in [0, 0.05) is 31.2 Å². The molecule has 3 rings (SSSR count). The zero-order valence-electron chi connectivity index (χ0n) is 12.6. The van der Waals surface area contributed by atoms with E-state index in [1.165, 1.54) is 0 Å². The van der Waals surface area contributed by atoms with Gasteiger partial charge in [0.15, 0.2) is 11.5 Å². The van der Waals surface area contributed by atoms with Gasteiger partial charge in [0.1, 0.15) is 5.01 Å². The normalized spacial score (nSPS) is 12.8. The minimum atomic E-state index is 0.300.